The summed E-state index contributed by atoms with van der Waals surface area (Å²) in [5, 5.41) is 22.9. The molecule has 2 aliphatic rings. The van der Waals surface area contributed by atoms with E-state index in [-0.39, 0.29) is 11.3 Å². The molecule has 2 N–H and O–H groups in total. The van der Waals surface area contributed by atoms with Crippen molar-refractivity contribution >= 4 is 5.57 Å². The van der Waals surface area contributed by atoms with Crippen molar-refractivity contribution in [3.8, 4) is 0 Å². The number of halogens is 3. The van der Waals surface area contributed by atoms with Gasteiger partial charge < -0.3 is 10.2 Å². The molecule has 4 rings (SSSR count). The molecule has 184 valence electrons. The number of rotatable bonds is 5. The Kier molecular flexibility index (Phi) is 6.69. The number of allylic oxidation sites excluding steroid dienone is 2. The molecule has 2 aromatic rings. The summed E-state index contributed by atoms with van der Waals surface area (Å²) in [4.78, 5) is 5.01. The van der Waals surface area contributed by atoms with Crippen LogP contribution in [0, 0.1) is 5.41 Å². The molecule has 3 atom stereocenters. The Balaban J connectivity index is 1.94. The normalized spacial score (nSPS) is 23.7. The van der Waals surface area contributed by atoms with E-state index in [4.69, 9.17) is 4.98 Å². The molecule has 3 unspecified atom stereocenters. The largest absolute Gasteiger partial charge is 0.416 e. The zero-order valence-corrected chi connectivity index (χ0v) is 20.3. The van der Waals surface area contributed by atoms with Gasteiger partial charge in [-0.25, -0.2) is 0 Å². The second-order valence-electron chi connectivity index (χ2n) is 10.5. The van der Waals surface area contributed by atoms with Crippen molar-refractivity contribution in [2.24, 2.45) is 5.41 Å². The molecule has 1 aromatic carbocycles. The van der Waals surface area contributed by atoms with E-state index in [1.807, 2.05) is 13.8 Å². The zero-order valence-electron chi connectivity index (χ0n) is 20.3. The first-order valence-electron chi connectivity index (χ1n) is 12.2. The lowest BCUT2D eigenvalue weighted by Crippen LogP contribution is -2.31. The molecule has 0 bridgehead atoms. The Morgan fingerprint density at radius 3 is 2.38 bits per heavy atom. The fraction of sp³-hybridized carbons (Fsp3) is 0.536. The average Bonchev–Trinajstić information content (AvgIpc) is 3.31. The smallest absolute Gasteiger partial charge is 0.388 e. The van der Waals surface area contributed by atoms with Gasteiger partial charge in [0.2, 0.25) is 0 Å². The quantitative estimate of drug-likeness (QED) is 0.480. The Bertz CT molecular complexity index is 1090. The molecule has 0 amide bonds. The van der Waals surface area contributed by atoms with Gasteiger partial charge >= 0.3 is 6.18 Å². The summed E-state index contributed by atoms with van der Waals surface area (Å²) < 4.78 is 39.3. The first-order chi connectivity index (χ1) is 15.9. The number of nitrogens with zero attached hydrogens (tertiary/aromatic N) is 1. The molecule has 2 aliphatic carbocycles. The maximum atomic E-state index is 13.1. The second-order valence-corrected chi connectivity index (χ2v) is 10.5. The van der Waals surface area contributed by atoms with Crippen LogP contribution in [0.1, 0.15) is 117 Å². The second kappa shape index (κ2) is 9.12. The molecule has 0 fully saturated rings. The first kappa shape index (κ1) is 24.9. The van der Waals surface area contributed by atoms with Gasteiger partial charge in [-0.1, -0.05) is 52.3 Å². The van der Waals surface area contributed by atoms with Crippen LogP contribution in [0.4, 0.5) is 13.2 Å². The zero-order chi connectivity index (χ0) is 24.8. The van der Waals surface area contributed by atoms with E-state index in [0.717, 1.165) is 72.3 Å². The number of pyridine rings is 1. The number of benzene rings is 1. The summed E-state index contributed by atoms with van der Waals surface area (Å²) >= 11 is 0. The number of fused-ring (bicyclic) bond motifs is 1. The molecule has 1 heterocycles. The Hall–Kier alpha value is -2.18. The third kappa shape index (κ3) is 4.55. The molecule has 6 heteroatoms. The summed E-state index contributed by atoms with van der Waals surface area (Å²) in [6, 6.07) is 4.70. The summed E-state index contributed by atoms with van der Waals surface area (Å²) in [7, 11) is 0. The van der Waals surface area contributed by atoms with Gasteiger partial charge in [-0.05, 0) is 72.3 Å². The van der Waals surface area contributed by atoms with E-state index in [9.17, 15) is 23.4 Å². The lowest BCUT2D eigenvalue weighted by Gasteiger charge is -2.39. The van der Waals surface area contributed by atoms with Gasteiger partial charge in [-0.3, -0.25) is 4.98 Å². The van der Waals surface area contributed by atoms with Gasteiger partial charge in [0.1, 0.15) is 6.10 Å². The highest BCUT2D eigenvalue weighted by atomic mass is 19.4. The molecule has 0 saturated heterocycles. The SMILES string of the molecule is CCC1(C)Cc2nc(C(C)C)c(C(O)c3ccc(C(F)(F)F)cc3)c(C3=CCCC3)c2C(O)C1. The van der Waals surface area contributed by atoms with Gasteiger partial charge in [0, 0.05) is 22.5 Å². The number of aromatic nitrogens is 1. The van der Waals surface area contributed by atoms with Crippen LogP contribution in [0.5, 0.6) is 0 Å². The standard InChI is InChI=1S/C28H34F3NO2/c1-5-27(4)14-20-23(21(33)15-27)22(17-8-6-7-9-17)24(25(32-20)16(2)3)26(34)18-10-12-19(13-11-18)28(29,30)31/h8,10-13,16,21,26,33-34H,5-7,9,14-15H2,1-4H3. The van der Waals surface area contributed by atoms with Crippen LogP contribution in [-0.4, -0.2) is 15.2 Å². The minimum absolute atomic E-state index is 0.00268. The number of aliphatic hydroxyl groups excluding tert-OH is 2. The third-order valence-electron chi connectivity index (χ3n) is 7.58. The number of hydrogen-bond acceptors (Lipinski definition) is 3. The number of hydrogen-bond donors (Lipinski definition) is 2. The lowest BCUT2D eigenvalue weighted by atomic mass is 9.69. The molecule has 1 aromatic heterocycles. The highest BCUT2D eigenvalue weighted by molar-refractivity contribution is 5.75. The van der Waals surface area contributed by atoms with Crippen LogP contribution in [-0.2, 0) is 12.6 Å². The van der Waals surface area contributed by atoms with Gasteiger partial charge in [0.15, 0.2) is 0 Å². The van der Waals surface area contributed by atoms with E-state index in [2.05, 4.69) is 19.9 Å². The van der Waals surface area contributed by atoms with Gasteiger partial charge in [-0.2, -0.15) is 13.2 Å². The number of alkyl halides is 3. The Morgan fingerprint density at radius 2 is 1.85 bits per heavy atom. The molecule has 0 aliphatic heterocycles. The first-order valence-corrected chi connectivity index (χ1v) is 12.2. The predicted octanol–water partition coefficient (Wildman–Crippen LogP) is 7.27. The van der Waals surface area contributed by atoms with Crippen LogP contribution in [0.2, 0.25) is 0 Å². The van der Waals surface area contributed by atoms with Gasteiger partial charge in [0.05, 0.1) is 11.7 Å². The Morgan fingerprint density at radius 1 is 1.18 bits per heavy atom. The van der Waals surface area contributed by atoms with E-state index < -0.39 is 23.9 Å². The summed E-state index contributed by atoms with van der Waals surface area (Å²) in [5.41, 5.74) is 4.61. The monoisotopic (exact) mass is 473 g/mol. The average molecular weight is 474 g/mol. The van der Waals surface area contributed by atoms with E-state index in [1.54, 1.807) is 0 Å². The molecule has 0 spiro atoms. The minimum atomic E-state index is -4.43. The van der Waals surface area contributed by atoms with E-state index in [0.29, 0.717) is 17.5 Å². The molecule has 0 radical (unpaired) electrons. The summed E-state index contributed by atoms with van der Waals surface area (Å²) in [6.07, 6.45) is 0.984. The molecule has 0 saturated carbocycles. The van der Waals surface area contributed by atoms with Crippen LogP contribution < -0.4 is 0 Å². The van der Waals surface area contributed by atoms with Gasteiger partial charge in [0.25, 0.3) is 0 Å². The maximum Gasteiger partial charge on any atom is 0.416 e. The van der Waals surface area contributed by atoms with Crippen LogP contribution >= 0.6 is 0 Å². The minimum Gasteiger partial charge on any atom is -0.388 e. The van der Waals surface area contributed by atoms with Gasteiger partial charge in [-0.15, -0.1) is 0 Å². The van der Waals surface area contributed by atoms with Crippen LogP contribution in [0.15, 0.2) is 30.3 Å². The highest BCUT2D eigenvalue weighted by Crippen LogP contribution is 2.49. The fourth-order valence-electron chi connectivity index (χ4n) is 5.47. The molecular weight excluding hydrogens is 439 g/mol. The fourth-order valence-corrected chi connectivity index (χ4v) is 5.47. The van der Waals surface area contributed by atoms with Crippen molar-refractivity contribution < 1.29 is 23.4 Å². The van der Waals surface area contributed by atoms with Crippen molar-refractivity contribution in [1.29, 1.82) is 0 Å². The van der Waals surface area contributed by atoms with E-state index in [1.165, 1.54) is 12.1 Å². The van der Waals surface area contributed by atoms with Crippen LogP contribution in [0.3, 0.4) is 0 Å². The van der Waals surface area contributed by atoms with E-state index >= 15 is 0 Å². The maximum absolute atomic E-state index is 13.1. The van der Waals surface area contributed by atoms with Crippen LogP contribution in [0.25, 0.3) is 5.57 Å². The summed E-state index contributed by atoms with van der Waals surface area (Å²) in [6.45, 7) is 8.34. The lowest BCUT2D eigenvalue weighted by molar-refractivity contribution is -0.137. The van der Waals surface area contributed by atoms with Crippen molar-refractivity contribution in [2.75, 3.05) is 0 Å². The van der Waals surface area contributed by atoms with Crippen molar-refractivity contribution in [1.82, 2.24) is 4.98 Å². The number of aliphatic hydroxyl groups is 2. The third-order valence-corrected chi connectivity index (χ3v) is 7.58. The summed E-state index contributed by atoms with van der Waals surface area (Å²) in [5.74, 6) is -0.00268. The topological polar surface area (TPSA) is 53.4 Å². The highest BCUT2D eigenvalue weighted by Gasteiger charge is 2.39. The predicted molar refractivity (Wildman–Crippen MR) is 127 cm³/mol. The molecule has 34 heavy (non-hydrogen) atoms. The Labute approximate surface area is 199 Å². The molecular formula is C28H34F3NO2. The van der Waals surface area contributed by atoms with Crippen molar-refractivity contribution in [3.05, 3.63) is 69.5 Å². The van der Waals surface area contributed by atoms with Crippen molar-refractivity contribution in [3.63, 3.8) is 0 Å². The molecule has 3 nitrogen and oxygen atoms in total. The van der Waals surface area contributed by atoms with Crippen molar-refractivity contribution in [2.45, 2.75) is 90.5 Å².